The minimum atomic E-state index is -0.787. The summed E-state index contributed by atoms with van der Waals surface area (Å²) in [5, 5.41) is 10.5. The molecule has 0 aliphatic heterocycles. The van der Waals surface area contributed by atoms with Crippen molar-refractivity contribution >= 4 is 34.2 Å². The molecule has 2 N–H and O–H groups in total. The van der Waals surface area contributed by atoms with E-state index in [2.05, 4.69) is 0 Å². The van der Waals surface area contributed by atoms with Crippen LogP contribution in [0.15, 0.2) is 18.2 Å². The smallest absolute Gasteiger partial charge is 0.295 e. The second-order valence-corrected chi connectivity index (χ2v) is 3.42. The Balaban J connectivity index is 3.43. The van der Waals surface area contributed by atoms with Gasteiger partial charge >= 0.3 is 0 Å². The number of nitro benzene ring substituents is 1. The van der Waals surface area contributed by atoms with Crippen molar-refractivity contribution in [1.29, 1.82) is 0 Å². The Kier molecular flexibility index (Phi) is 2.81. The number of para-hydroxylation sites is 1. The number of carbonyl (C=O) groups excluding carboxylic acids is 1. The van der Waals surface area contributed by atoms with Crippen LogP contribution in [0.2, 0.25) is 0 Å². The molecule has 0 saturated heterocycles. The average Bonchev–Trinajstić information content (AvgIpc) is 2.02. The van der Waals surface area contributed by atoms with Crippen molar-refractivity contribution in [1.82, 2.24) is 0 Å². The standard InChI is InChI=1S/C7H5IN2O3/c8-5-3-1-2-4(7(9)11)6(5)10(12)13/h1-3H,(H2,9,11). The molecule has 0 spiro atoms. The largest absolute Gasteiger partial charge is 0.365 e. The molecule has 1 amide bonds. The number of rotatable bonds is 2. The molecule has 0 unspecified atom stereocenters. The monoisotopic (exact) mass is 292 g/mol. The van der Waals surface area contributed by atoms with Crippen LogP contribution in [0.1, 0.15) is 10.4 Å². The van der Waals surface area contributed by atoms with Gasteiger partial charge in [-0.25, -0.2) is 0 Å². The molecule has 1 aromatic rings. The van der Waals surface area contributed by atoms with Crippen molar-refractivity contribution in [2.75, 3.05) is 0 Å². The molecule has 1 rings (SSSR count). The van der Waals surface area contributed by atoms with Gasteiger partial charge in [-0.2, -0.15) is 0 Å². The van der Waals surface area contributed by atoms with Crippen LogP contribution in [0.25, 0.3) is 0 Å². The minimum Gasteiger partial charge on any atom is -0.365 e. The third-order valence-electron chi connectivity index (χ3n) is 1.43. The summed E-state index contributed by atoms with van der Waals surface area (Å²) in [6, 6.07) is 4.43. The Morgan fingerprint density at radius 2 is 2.15 bits per heavy atom. The van der Waals surface area contributed by atoms with E-state index in [1.807, 2.05) is 0 Å². The maximum absolute atomic E-state index is 10.8. The Bertz CT molecular complexity index is 378. The van der Waals surface area contributed by atoms with Crippen molar-refractivity contribution < 1.29 is 9.72 Å². The molecule has 0 fully saturated rings. The number of nitrogens with zero attached hydrogens (tertiary/aromatic N) is 1. The van der Waals surface area contributed by atoms with Gasteiger partial charge in [0.15, 0.2) is 0 Å². The number of hydrogen-bond acceptors (Lipinski definition) is 3. The van der Waals surface area contributed by atoms with Gasteiger partial charge in [0.25, 0.3) is 11.6 Å². The van der Waals surface area contributed by atoms with Crippen LogP contribution in [0, 0.1) is 13.7 Å². The first-order valence-electron chi connectivity index (χ1n) is 3.26. The Morgan fingerprint density at radius 3 is 2.54 bits per heavy atom. The molecule has 0 aliphatic rings. The van der Waals surface area contributed by atoms with Crippen molar-refractivity contribution in [2.45, 2.75) is 0 Å². The highest BCUT2D eigenvalue weighted by Gasteiger charge is 2.20. The van der Waals surface area contributed by atoms with Crippen LogP contribution in [0.3, 0.4) is 0 Å². The second-order valence-electron chi connectivity index (χ2n) is 2.26. The second kappa shape index (κ2) is 3.69. The lowest BCUT2D eigenvalue weighted by Crippen LogP contribution is -2.13. The molecule has 0 atom stereocenters. The zero-order chi connectivity index (χ0) is 10.0. The summed E-state index contributed by atoms with van der Waals surface area (Å²) in [5.74, 6) is -0.787. The highest BCUT2D eigenvalue weighted by molar-refractivity contribution is 14.1. The van der Waals surface area contributed by atoms with Crippen LogP contribution in [-0.2, 0) is 0 Å². The fraction of sp³-hybridized carbons (Fsp3) is 0. The van der Waals surface area contributed by atoms with Crippen LogP contribution in [0.5, 0.6) is 0 Å². The number of amides is 1. The number of nitrogens with two attached hydrogens (primary N) is 1. The first kappa shape index (κ1) is 9.90. The number of halogens is 1. The molecule has 0 heterocycles. The summed E-state index contributed by atoms with van der Waals surface area (Å²) < 4.78 is 0.402. The van der Waals surface area contributed by atoms with Gasteiger partial charge < -0.3 is 5.73 Å². The van der Waals surface area contributed by atoms with E-state index >= 15 is 0 Å². The number of benzene rings is 1. The normalized spacial score (nSPS) is 9.62. The molecule has 0 saturated carbocycles. The van der Waals surface area contributed by atoms with Gasteiger partial charge in [0.2, 0.25) is 0 Å². The van der Waals surface area contributed by atoms with E-state index in [4.69, 9.17) is 5.73 Å². The number of hydrogen-bond donors (Lipinski definition) is 1. The zero-order valence-corrected chi connectivity index (χ0v) is 8.52. The molecule has 0 radical (unpaired) electrons. The summed E-state index contributed by atoms with van der Waals surface area (Å²) in [6.07, 6.45) is 0. The molecule has 13 heavy (non-hydrogen) atoms. The minimum absolute atomic E-state index is 0.0584. The summed E-state index contributed by atoms with van der Waals surface area (Å²) in [5.41, 5.74) is 4.69. The highest BCUT2D eigenvalue weighted by Crippen LogP contribution is 2.24. The maximum Gasteiger partial charge on any atom is 0.295 e. The van der Waals surface area contributed by atoms with Crippen LogP contribution in [0.4, 0.5) is 5.69 Å². The topological polar surface area (TPSA) is 86.2 Å². The maximum atomic E-state index is 10.8. The van der Waals surface area contributed by atoms with Gasteiger partial charge in [0.1, 0.15) is 5.56 Å². The number of primary amides is 1. The van der Waals surface area contributed by atoms with E-state index in [1.165, 1.54) is 6.07 Å². The highest BCUT2D eigenvalue weighted by atomic mass is 127. The molecule has 5 nitrogen and oxygen atoms in total. The van der Waals surface area contributed by atoms with Gasteiger partial charge in [-0.15, -0.1) is 0 Å². The Morgan fingerprint density at radius 1 is 1.54 bits per heavy atom. The number of carbonyl (C=O) groups is 1. The first-order chi connectivity index (χ1) is 6.04. The third-order valence-corrected chi connectivity index (χ3v) is 2.31. The van der Waals surface area contributed by atoms with Gasteiger partial charge in [0.05, 0.1) is 8.49 Å². The van der Waals surface area contributed by atoms with Gasteiger partial charge in [0, 0.05) is 0 Å². The van der Waals surface area contributed by atoms with Gasteiger partial charge in [-0.1, -0.05) is 6.07 Å². The van der Waals surface area contributed by atoms with E-state index < -0.39 is 10.8 Å². The lowest BCUT2D eigenvalue weighted by molar-refractivity contribution is -0.386. The lowest BCUT2D eigenvalue weighted by Gasteiger charge is -1.99. The predicted molar refractivity (Wildman–Crippen MR) is 54.3 cm³/mol. The van der Waals surface area contributed by atoms with E-state index in [1.54, 1.807) is 34.7 Å². The molecule has 1 aromatic carbocycles. The summed E-state index contributed by atoms with van der Waals surface area (Å²) >= 11 is 1.79. The molecule has 0 aliphatic carbocycles. The van der Waals surface area contributed by atoms with Crippen molar-refractivity contribution in [3.8, 4) is 0 Å². The van der Waals surface area contributed by atoms with Crippen molar-refractivity contribution in [2.24, 2.45) is 5.73 Å². The molecular weight excluding hydrogens is 287 g/mol. The molecule has 0 aromatic heterocycles. The zero-order valence-electron chi connectivity index (χ0n) is 6.36. The van der Waals surface area contributed by atoms with Gasteiger partial charge in [-0.3, -0.25) is 14.9 Å². The van der Waals surface area contributed by atoms with Crippen molar-refractivity contribution in [3.63, 3.8) is 0 Å². The summed E-state index contributed by atoms with van der Waals surface area (Å²) in [4.78, 5) is 20.7. The molecule has 68 valence electrons. The predicted octanol–water partition coefficient (Wildman–Crippen LogP) is 1.30. The third kappa shape index (κ3) is 1.94. The van der Waals surface area contributed by atoms with E-state index in [9.17, 15) is 14.9 Å². The molecular formula is C7H5IN2O3. The summed E-state index contributed by atoms with van der Waals surface area (Å²) in [6.45, 7) is 0. The lowest BCUT2D eigenvalue weighted by atomic mass is 10.2. The Hall–Kier alpha value is -1.18. The summed E-state index contributed by atoms with van der Waals surface area (Å²) in [7, 11) is 0. The van der Waals surface area contributed by atoms with Crippen LogP contribution >= 0.6 is 22.6 Å². The van der Waals surface area contributed by atoms with Crippen LogP contribution < -0.4 is 5.73 Å². The average molecular weight is 292 g/mol. The number of nitro groups is 1. The van der Waals surface area contributed by atoms with E-state index in [-0.39, 0.29) is 11.3 Å². The molecule has 6 heteroatoms. The first-order valence-corrected chi connectivity index (χ1v) is 4.34. The van der Waals surface area contributed by atoms with Gasteiger partial charge in [-0.05, 0) is 34.7 Å². The SMILES string of the molecule is NC(=O)c1cccc(I)c1[N+](=O)[O-]. The quantitative estimate of drug-likeness (QED) is 0.506. The Labute approximate surface area is 87.2 Å². The molecule has 0 bridgehead atoms. The fourth-order valence-corrected chi connectivity index (χ4v) is 1.59. The van der Waals surface area contributed by atoms with E-state index in [0.717, 1.165) is 0 Å². The van der Waals surface area contributed by atoms with Crippen molar-refractivity contribution in [3.05, 3.63) is 37.4 Å². The van der Waals surface area contributed by atoms with E-state index in [0.29, 0.717) is 3.57 Å². The fourth-order valence-electron chi connectivity index (χ4n) is 0.900. The van der Waals surface area contributed by atoms with Crippen LogP contribution in [-0.4, -0.2) is 10.8 Å².